The van der Waals surface area contributed by atoms with E-state index in [9.17, 15) is 5.11 Å². The molecule has 0 saturated heterocycles. The minimum absolute atomic E-state index is 0.169. The number of nitrogens with zero attached hydrogens (tertiary/aromatic N) is 3. The van der Waals surface area contributed by atoms with Gasteiger partial charge in [0, 0.05) is 6.42 Å². The highest BCUT2D eigenvalue weighted by Gasteiger charge is 2.40. The first kappa shape index (κ1) is 22.7. The molecule has 0 amide bonds. The van der Waals surface area contributed by atoms with Crippen LogP contribution < -0.4 is 4.74 Å². The summed E-state index contributed by atoms with van der Waals surface area (Å²) in [4.78, 5) is 4.62. The molecule has 0 unspecified atom stereocenters. The van der Waals surface area contributed by atoms with Crippen molar-refractivity contribution in [2.45, 2.75) is 18.6 Å². The Hall–Kier alpha value is -3.48. The first-order chi connectivity index (χ1) is 16.0. The molecule has 0 atom stereocenters. The molecule has 0 spiro atoms. The normalized spacial score (nSPS) is 12.0. The van der Waals surface area contributed by atoms with Crippen molar-refractivity contribution in [2.75, 3.05) is 27.2 Å². The van der Waals surface area contributed by atoms with Gasteiger partial charge in [-0.25, -0.2) is 0 Å². The van der Waals surface area contributed by atoms with Crippen molar-refractivity contribution in [3.05, 3.63) is 114 Å². The minimum Gasteiger partial charge on any atom is -0.493 e. The van der Waals surface area contributed by atoms with Crippen LogP contribution in [0.5, 0.6) is 5.75 Å². The molecule has 1 heterocycles. The lowest BCUT2D eigenvalue weighted by atomic mass is 9.86. The third-order valence-corrected chi connectivity index (χ3v) is 5.65. The van der Waals surface area contributed by atoms with Gasteiger partial charge in [0.15, 0.2) is 5.60 Å². The van der Waals surface area contributed by atoms with Crippen LogP contribution in [-0.4, -0.2) is 47.0 Å². The van der Waals surface area contributed by atoms with Crippen molar-refractivity contribution in [2.24, 2.45) is 0 Å². The Bertz CT molecular complexity index is 1090. The molecular formula is C27H30N3O3+. The number of aliphatic hydroxyl groups is 1. The van der Waals surface area contributed by atoms with Crippen LogP contribution in [0.1, 0.15) is 29.3 Å². The second kappa shape index (κ2) is 9.98. The average molecular weight is 445 g/mol. The Labute approximate surface area is 194 Å². The number of benzene rings is 3. The lowest BCUT2D eigenvalue weighted by Gasteiger charge is -2.28. The number of hydrogen-bond acceptors (Lipinski definition) is 5. The number of quaternary nitrogens is 1. The van der Waals surface area contributed by atoms with Crippen molar-refractivity contribution in [1.82, 2.24) is 10.1 Å². The van der Waals surface area contributed by atoms with Crippen LogP contribution in [0.4, 0.5) is 0 Å². The van der Waals surface area contributed by atoms with E-state index in [1.165, 1.54) is 0 Å². The first-order valence-corrected chi connectivity index (χ1v) is 11.1. The molecule has 33 heavy (non-hydrogen) atoms. The van der Waals surface area contributed by atoms with Crippen LogP contribution in [0.3, 0.4) is 0 Å². The number of aromatic nitrogens is 2. The molecule has 1 aromatic heterocycles. The van der Waals surface area contributed by atoms with Crippen molar-refractivity contribution in [3.8, 4) is 5.75 Å². The van der Waals surface area contributed by atoms with Crippen LogP contribution in [0.15, 0.2) is 95.5 Å². The van der Waals surface area contributed by atoms with Gasteiger partial charge in [-0.3, -0.25) is 0 Å². The minimum atomic E-state index is -1.52. The number of hydrogen-bond donors (Lipinski definition) is 1. The lowest BCUT2D eigenvalue weighted by molar-refractivity contribution is -0.904. The molecule has 6 nitrogen and oxygen atoms in total. The smallest absolute Gasteiger partial charge is 0.268 e. The van der Waals surface area contributed by atoms with Crippen molar-refractivity contribution in [3.63, 3.8) is 0 Å². The van der Waals surface area contributed by atoms with Crippen molar-refractivity contribution < 1.29 is 18.8 Å². The van der Waals surface area contributed by atoms with E-state index in [4.69, 9.17) is 9.26 Å². The topological polar surface area (TPSA) is 68.4 Å². The Balaban J connectivity index is 1.46. The summed E-state index contributed by atoms with van der Waals surface area (Å²) in [5, 5.41) is 16.0. The molecule has 4 aromatic rings. The third kappa shape index (κ3) is 5.48. The van der Waals surface area contributed by atoms with E-state index < -0.39 is 5.60 Å². The van der Waals surface area contributed by atoms with Gasteiger partial charge in [0.05, 0.1) is 27.2 Å². The molecule has 0 aliphatic rings. The molecule has 3 aromatic carbocycles. The zero-order valence-corrected chi connectivity index (χ0v) is 19.1. The van der Waals surface area contributed by atoms with Crippen molar-refractivity contribution >= 4 is 0 Å². The predicted octanol–water partition coefficient (Wildman–Crippen LogP) is 4.40. The van der Waals surface area contributed by atoms with E-state index in [2.05, 4.69) is 24.2 Å². The summed E-state index contributed by atoms with van der Waals surface area (Å²) in [7, 11) is 4.25. The Morgan fingerprint density at radius 1 is 0.848 bits per heavy atom. The maximum atomic E-state index is 11.8. The molecular weight excluding hydrogens is 414 g/mol. The molecule has 1 N–H and O–H groups in total. The van der Waals surface area contributed by atoms with Crippen LogP contribution in [0.25, 0.3) is 0 Å². The van der Waals surface area contributed by atoms with Gasteiger partial charge < -0.3 is 18.8 Å². The van der Waals surface area contributed by atoms with Gasteiger partial charge in [0.25, 0.3) is 5.89 Å². The average Bonchev–Trinajstić information content (AvgIpc) is 3.31. The number of rotatable bonds is 10. The fraction of sp³-hybridized carbons (Fsp3) is 0.259. The first-order valence-electron chi connectivity index (χ1n) is 11.1. The van der Waals surface area contributed by atoms with E-state index in [1.807, 2.05) is 91.0 Å². The van der Waals surface area contributed by atoms with Crippen LogP contribution in [0.2, 0.25) is 0 Å². The van der Waals surface area contributed by atoms with Crippen LogP contribution in [0, 0.1) is 0 Å². The number of para-hydroxylation sites is 1. The zero-order valence-electron chi connectivity index (χ0n) is 19.1. The summed E-state index contributed by atoms with van der Waals surface area (Å²) in [6.45, 7) is 2.11. The van der Waals surface area contributed by atoms with Crippen molar-refractivity contribution in [1.29, 1.82) is 0 Å². The quantitative estimate of drug-likeness (QED) is 0.290. The van der Waals surface area contributed by atoms with Gasteiger partial charge in [0.1, 0.15) is 12.3 Å². The van der Waals surface area contributed by atoms with Gasteiger partial charge in [-0.05, 0) is 23.3 Å². The summed E-state index contributed by atoms with van der Waals surface area (Å²) in [6.07, 6.45) is 0.893. The number of ether oxygens (including phenoxy) is 1. The van der Waals surface area contributed by atoms with E-state index in [0.29, 0.717) is 34.6 Å². The maximum Gasteiger partial charge on any atom is 0.268 e. The SMILES string of the molecule is C[N+](C)(CCCOc1ccccc1)Cc1noc(C(O)(c2ccccc2)c2ccccc2)n1. The van der Waals surface area contributed by atoms with Gasteiger partial charge >= 0.3 is 0 Å². The molecule has 0 aliphatic heterocycles. The zero-order chi connectivity index (χ0) is 23.2. The fourth-order valence-corrected chi connectivity index (χ4v) is 3.90. The predicted molar refractivity (Wildman–Crippen MR) is 127 cm³/mol. The summed E-state index contributed by atoms with van der Waals surface area (Å²) >= 11 is 0. The third-order valence-electron chi connectivity index (χ3n) is 5.65. The standard InChI is InChI=1S/C27H30N3O3/c1-30(2,19-12-20-32-24-17-10-5-11-18-24)21-25-28-26(33-29-25)27(31,22-13-6-3-7-14-22)23-15-8-4-9-16-23/h3-11,13-18,31H,12,19-21H2,1-2H3/q+1. The monoisotopic (exact) mass is 444 g/mol. The van der Waals surface area contributed by atoms with E-state index in [-0.39, 0.29) is 5.89 Å². The van der Waals surface area contributed by atoms with Gasteiger partial charge in [-0.15, -0.1) is 0 Å². The molecule has 0 saturated carbocycles. The van der Waals surface area contributed by atoms with E-state index in [1.54, 1.807) is 0 Å². The summed E-state index contributed by atoms with van der Waals surface area (Å²) < 4.78 is 12.1. The van der Waals surface area contributed by atoms with E-state index >= 15 is 0 Å². The Morgan fingerprint density at radius 2 is 1.39 bits per heavy atom. The van der Waals surface area contributed by atoms with E-state index in [0.717, 1.165) is 18.7 Å². The highest BCUT2D eigenvalue weighted by molar-refractivity contribution is 5.41. The van der Waals surface area contributed by atoms with Crippen LogP contribution >= 0.6 is 0 Å². The Kier molecular flexibility index (Phi) is 6.87. The summed E-state index contributed by atoms with van der Waals surface area (Å²) in [5.74, 6) is 1.61. The molecule has 6 heteroatoms. The maximum absolute atomic E-state index is 11.8. The molecule has 4 rings (SSSR count). The highest BCUT2D eigenvalue weighted by atomic mass is 16.5. The summed E-state index contributed by atoms with van der Waals surface area (Å²) in [6, 6.07) is 28.7. The van der Waals surface area contributed by atoms with Gasteiger partial charge in [-0.1, -0.05) is 84.0 Å². The molecule has 170 valence electrons. The van der Waals surface area contributed by atoms with Crippen LogP contribution in [-0.2, 0) is 12.1 Å². The fourth-order valence-electron chi connectivity index (χ4n) is 3.90. The highest BCUT2D eigenvalue weighted by Crippen LogP contribution is 2.35. The largest absolute Gasteiger partial charge is 0.493 e. The Morgan fingerprint density at radius 3 is 1.97 bits per heavy atom. The molecule has 0 radical (unpaired) electrons. The second-order valence-corrected chi connectivity index (χ2v) is 8.79. The molecule has 0 bridgehead atoms. The molecule has 0 aliphatic carbocycles. The second-order valence-electron chi connectivity index (χ2n) is 8.79. The molecule has 0 fully saturated rings. The lowest BCUT2D eigenvalue weighted by Crippen LogP contribution is -2.40. The van der Waals surface area contributed by atoms with Gasteiger partial charge in [-0.2, -0.15) is 4.98 Å². The summed E-state index contributed by atoms with van der Waals surface area (Å²) in [5.41, 5.74) is -0.162. The van der Waals surface area contributed by atoms with Gasteiger partial charge in [0.2, 0.25) is 5.82 Å².